The molecule has 0 aromatic rings. The van der Waals surface area contributed by atoms with Gasteiger partial charge >= 0.3 is 0 Å². The normalized spacial score (nSPS) is 42.0. The van der Waals surface area contributed by atoms with Gasteiger partial charge in [-0.2, -0.15) is 0 Å². The highest BCUT2D eigenvalue weighted by Gasteiger charge is 2.46. The molecule has 0 aliphatic heterocycles. The van der Waals surface area contributed by atoms with E-state index >= 15 is 0 Å². The molecule has 0 amide bonds. The Morgan fingerprint density at radius 1 is 1.27 bits per heavy atom. The maximum absolute atomic E-state index is 6.18. The van der Waals surface area contributed by atoms with Gasteiger partial charge in [0.15, 0.2) is 0 Å². The van der Waals surface area contributed by atoms with Crippen molar-refractivity contribution < 1.29 is 0 Å². The Kier molecular flexibility index (Phi) is 1.71. The molecule has 0 spiro atoms. The lowest BCUT2D eigenvalue weighted by molar-refractivity contribution is 0.236. The highest BCUT2D eigenvalue weighted by Crippen LogP contribution is 2.47. The molecule has 2 unspecified atom stereocenters. The first-order valence-electron chi connectivity index (χ1n) is 4.99. The van der Waals surface area contributed by atoms with Gasteiger partial charge in [-0.1, -0.05) is 19.8 Å². The lowest BCUT2D eigenvalue weighted by Crippen LogP contribution is -2.35. The van der Waals surface area contributed by atoms with Crippen molar-refractivity contribution in [3.05, 3.63) is 0 Å². The summed E-state index contributed by atoms with van der Waals surface area (Å²) in [6, 6.07) is 0. The Morgan fingerprint density at radius 3 is 2.55 bits per heavy atom. The molecule has 11 heavy (non-hydrogen) atoms. The van der Waals surface area contributed by atoms with Crippen LogP contribution in [-0.2, 0) is 0 Å². The maximum atomic E-state index is 6.18. The zero-order valence-electron chi connectivity index (χ0n) is 7.47. The fourth-order valence-corrected chi connectivity index (χ4v) is 2.51. The average Bonchev–Trinajstić information content (AvgIpc) is 2.70. The van der Waals surface area contributed by atoms with Gasteiger partial charge in [-0.05, 0) is 37.5 Å². The Bertz CT molecular complexity index is 149. The molecule has 2 saturated carbocycles. The maximum Gasteiger partial charge on any atom is 0.0184 e. The molecule has 2 N–H and O–H groups in total. The summed E-state index contributed by atoms with van der Waals surface area (Å²) in [5.41, 5.74) is 6.48. The first-order chi connectivity index (χ1) is 5.21. The number of hydrogen-bond donors (Lipinski definition) is 1. The second-order valence-corrected chi connectivity index (χ2v) is 4.70. The van der Waals surface area contributed by atoms with Crippen molar-refractivity contribution in [3.63, 3.8) is 0 Å². The molecule has 2 atom stereocenters. The van der Waals surface area contributed by atoms with Gasteiger partial charge in [0.05, 0.1) is 0 Å². The Morgan fingerprint density at radius 2 is 2.00 bits per heavy atom. The third kappa shape index (κ3) is 1.44. The van der Waals surface area contributed by atoms with Gasteiger partial charge in [-0.3, -0.25) is 0 Å². The Hall–Kier alpha value is -0.0400. The number of rotatable bonds is 1. The minimum Gasteiger partial charge on any atom is -0.325 e. The van der Waals surface area contributed by atoms with E-state index in [0.717, 1.165) is 11.8 Å². The average molecular weight is 153 g/mol. The predicted molar refractivity (Wildman–Crippen MR) is 47.3 cm³/mol. The monoisotopic (exact) mass is 153 g/mol. The highest BCUT2D eigenvalue weighted by molar-refractivity contribution is 5.04. The zero-order valence-corrected chi connectivity index (χ0v) is 7.47. The van der Waals surface area contributed by atoms with Crippen molar-refractivity contribution in [1.82, 2.24) is 0 Å². The SMILES string of the molecule is CC1CCCC(C2(N)CC2)C1. The molecule has 0 bridgehead atoms. The summed E-state index contributed by atoms with van der Waals surface area (Å²) in [5.74, 6) is 1.81. The molecule has 2 aliphatic rings. The van der Waals surface area contributed by atoms with E-state index in [1.165, 1.54) is 38.5 Å². The third-order valence-corrected chi connectivity index (χ3v) is 3.58. The van der Waals surface area contributed by atoms with Crippen molar-refractivity contribution in [2.45, 2.75) is 51.0 Å². The van der Waals surface area contributed by atoms with Crippen LogP contribution in [0.25, 0.3) is 0 Å². The first-order valence-corrected chi connectivity index (χ1v) is 4.99. The van der Waals surface area contributed by atoms with Crippen LogP contribution < -0.4 is 5.73 Å². The smallest absolute Gasteiger partial charge is 0.0184 e. The van der Waals surface area contributed by atoms with E-state index in [1.54, 1.807) is 0 Å². The van der Waals surface area contributed by atoms with Crippen molar-refractivity contribution in [3.8, 4) is 0 Å². The van der Waals surface area contributed by atoms with E-state index in [1.807, 2.05) is 0 Å². The van der Waals surface area contributed by atoms with Crippen LogP contribution in [0.4, 0.5) is 0 Å². The molecule has 64 valence electrons. The second-order valence-electron chi connectivity index (χ2n) is 4.70. The minimum absolute atomic E-state index is 0.300. The molecule has 1 heteroatoms. The minimum atomic E-state index is 0.300. The van der Waals surface area contributed by atoms with Gasteiger partial charge in [0, 0.05) is 5.54 Å². The molecule has 0 aromatic heterocycles. The van der Waals surface area contributed by atoms with Crippen molar-refractivity contribution in [2.24, 2.45) is 17.6 Å². The topological polar surface area (TPSA) is 26.0 Å². The van der Waals surface area contributed by atoms with E-state index in [9.17, 15) is 0 Å². The Labute approximate surface area is 69.4 Å². The summed E-state index contributed by atoms with van der Waals surface area (Å²) in [7, 11) is 0. The molecule has 1 nitrogen and oxygen atoms in total. The molecule has 2 fully saturated rings. The lowest BCUT2D eigenvalue weighted by Gasteiger charge is -2.31. The van der Waals surface area contributed by atoms with Crippen LogP contribution in [0.15, 0.2) is 0 Å². The summed E-state index contributed by atoms with van der Waals surface area (Å²) in [6.07, 6.45) is 8.25. The fraction of sp³-hybridized carbons (Fsp3) is 1.00. The summed E-state index contributed by atoms with van der Waals surface area (Å²) in [4.78, 5) is 0. The predicted octanol–water partition coefficient (Wildman–Crippen LogP) is 2.30. The van der Waals surface area contributed by atoms with E-state index in [0.29, 0.717) is 5.54 Å². The third-order valence-electron chi connectivity index (χ3n) is 3.58. The van der Waals surface area contributed by atoms with Gasteiger partial charge in [0.2, 0.25) is 0 Å². The van der Waals surface area contributed by atoms with E-state index in [2.05, 4.69) is 6.92 Å². The van der Waals surface area contributed by atoms with Gasteiger partial charge in [-0.25, -0.2) is 0 Å². The number of nitrogens with two attached hydrogens (primary N) is 1. The molecular formula is C10H19N. The second kappa shape index (κ2) is 2.48. The van der Waals surface area contributed by atoms with Gasteiger partial charge < -0.3 is 5.73 Å². The fourth-order valence-electron chi connectivity index (χ4n) is 2.51. The number of hydrogen-bond acceptors (Lipinski definition) is 1. The highest BCUT2D eigenvalue weighted by atomic mass is 14.8. The van der Waals surface area contributed by atoms with Crippen molar-refractivity contribution >= 4 is 0 Å². The van der Waals surface area contributed by atoms with E-state index < -0.39 is 0 Å². The van der Waals surface area contributed by atoms with Gasteiger partial charge in [0.25, 0.3) is 0 Å². The van der Waals surface area contributed by atoms with Crippen LogP contribution in [0.1, 0.15) is 45.4 Å². The van der Waals surface area contributed by atoms with Crippen molar-refractivity contribution in [2.75, 3.05) is 0 Å². The molecule has 0 heterocycles. The Balaban J connectivity index is 1.93. The van der Waals surface area contributed by atoms with E-state index in [4.69, 9.17) is 5.73 Å². The largest absolute Gasteiger partial charge is 0.325 e. The lowest BCUT2D eigenvalue weighted by atomic mass is 9.77. The standard InChI is InChI=1S/C10H19N/c1-8-3-2-4-9(7-8)10(11)5-6-10/h8-9H,2-7,11H2,1H3. The molecule has 0 radical (unpaired) electrons. The molecule has 2 aliphatic carbocycles. The van der Waals surface area contributed by atoms with Gasteiger partial charge in [-0.15, -0.1) is 0 Å². The summed E-state index contributed by atoms with van der Waals surface area (Å²) < 4.78 is 0. The van der Waals surface area contributed by atoms with Crippen LogP contribution in [0.5, 0.6) is 0 Å². The zero-order chi connectivity index (χ0) is 7.90. The molecule has 2 rings (SSSR count). The van der Waals surface area contributed by atoms with Crippen LogP contribution in [0, 0.1) is 11.8 Å². The summed E-state index contributed by atoms with van der Waals surface area (Å²) >= 11 is 0. The first kappa shape index (κ1) is 7.60. The van der Waals surface area contributed by atoms with Crippen molar-refractivity contribution in [1.29, 1.82) is 0 Å². The van der Waals surface area contributed by atoms with Gasteiger partial charge in [0.1, 0.15) is 0 Å². The van der Waals surface area contributed by atoms with Crippen LogP contribution in [-0.4, -0.2) is 5.54 Å². The van der Waals surface area contributed by atoms with Crippen LogP contribution in [0.3, 0.4) is 0 Å². The summed E-state index contributed by atoms with van der Waals surface area (Å²) in [5, 5.41) is 0. The van der Waals surface area contributed by atoms with Crippen LogP contribution in [0.2, 0.25) is 0 Å². The quantitative estimate of drug-likeness (QED) is 0.614. The molecule has 0 aromatic carbocycles. The molecule has 0 saturated heterocycles. The molecular weight excluding hydrogens is 134 g/mol. The summed E-state index contributed by atoms with van der Waals surface area (Å²) in [6.45, 7) is 2.37. The van der Waals surface area contributed by atoms with Crippen LogP contribution >= 0.6 is 0 Å². The van der Waals surface area contributed by atoms with E-state index in [-0.39, 0.29) is 0 Å².